The van der Waals surface area contributed by atoms with E-state index in [1.165, 1.54) is 11.0 Å². The maximum Gasteiger partial charge on any atom is 0.272 e. The van der Waals surface area contributed by atoms with E-state index in [2.05, 4.69) is 5.32 Å². The number of aryl methyl sites for hydroxylation is 1. The third-order valence-corrected chi connectivity index (χ3v) is 2.57. The Bertz CT molecular complexity index is 458. The topological polar surface area (TPSA) is 75.5 Å². The predicted octanol–water partition coefficient (Wildman–Crippen LogP) is 1.08. The summed E-state index contributed by atoms with van der Waals surface area (Å²) in [6.07, 6.45) is 0. The zero-order chi connectivity index (χ0) is 13.7. The first-order valence-corrected chi connectivity index (χ1v) is 5.56. The van der Waals surface area contributed by atoms with Crippen LogP contribution in [-0.4, -0.2) is 36.4 Å². The maximum atomic E-state index is 11.3. The summed E-state index contributed by atoms with van der Waals surface area (Å²) in [5.41, 5.74) is 1.53. The molecular weight excluding hydrogens is 234 g/mol. The molecule has 0 radical (unpaired) electrons. The first-order valence-electron chi connectivity index (χ1n) is 5.56. The third-order valence-electron chi connectivity index (χ3n) is 2.57. The van der Waals surface area contributed by atoms with Crippen molar-refractivity contribution in [3.8, 4) is 0 Å². The molecule has 0 fully saturated rings. The molecule has 0 saturated carbocycles. The Morgan fingerprint density at radius 3 is 2.67 bits per heavy atom. The van der Waals surface area contributed by atoms with Gasteiger partial charge in [-0.15, -0.1) is 0 Å². The second-order valence-corrected chi connectivity index (χ2v) is 4.27. The summed E-state index contributed by atoms with van der Waals surface area (Å²) in [5, 5.41) is 13.7. The van der Waals surface area contributed by atoms with E-state index in [4.69, 9.17) is 0 Å². The van der Waals surface area contributed by atoms with Crippen molar-refractivity contribution < 1.29 is 9.72 Å². The van der Waals surface area contributed by atoms with E-state index in [9.17, 15) is 14.9 Å². The van der Waals surface area contributed by atoms with Crippen LogP contribution in [0.25, 0.3) is 0 Å². The molecule has 1 rings (SSSR count). The third kappa shape index (κ3) is 3.81. The highest BCUT2D eigenvalue weighted by Gasteiger charge is 2.11. The molecular formula is C12H17N3O3. The first kappa shape index (κ1) is 14.1. The molecule has 0 saturated heterocycles. The van der Waals surface area contributed by atoms with E-state index in [0.717, 1.165) is 5.56 Å². The molecule has 1 N–H and O–H groups in total. The lowest BCUT2D eigenvalue weighted by molar-refractivity contribution is -0.385. The van der Waals surface area contributed by atoms with Crippen LogP contribution < -0.4 is 5.32 Å². The molecule has 0 aliphatic carbocycles. The van der Waals surface area contributed by atoms with Crippen LogP contribution in [0.4, 0.5) is 5.69 Å². The van der Waals surface area contributed by atoms with E-state index in [0.29, 0.717) is 12.1 Å². The number of nitro groups is 1. The standard InChI is InChI=1S/C12H17N3O3/c1-9-4-5-10(6-11(9)15(17)18)7-13-8-12(16)14(2)3/h4-6,13H,7-8H2,1-3H3. The number of carbonyl (C=O) groups excluding carboxylic acids is 1. The van der Waals surface area contributed by atoms with Crippen molar-refractivity contribution in [2.45, 2.75) is 13.5 Å². The number of likely N-dealkylation sites (N-methyl/N-ethyl adjacent to an activating group) is 1. The van der Waals surface area contributed by atoms with Gasteiger partial charge in [0.1, 0.15) is 0 Å². The average molecular weight is 251 g/mol. The number of amides is 1. The van der Waals surface area contributed by atoms with Gasteiger partial charge < -0.3 is 10.2 Å². The van der Waals surface area contributed by atoms with E-state index in [1.54, 1.807) is 27.1 Å². The van der Waals surface area contributed by atoms with Gasteiger partial charge >= 0.3 is 0 Å². The SMILES string of the molecule is Cc1ccc(CNCC(=O)N(C)C)cc1[N+](=O)[O-]. The highest BCUT2D eigenvalue weighted by atomic mass is 16.6. The Labute approximate surface area is 106 Å². The quantitative estimate of drug-likeness (QED) is 0.627. The van der Waals surface area contributed by atoms with Gasteiger partial charge in [-0.25, -0.2) is 0 Å². The highest BCUT2D eigenvalue weighted by molar-refractivity contribution is 5.77. The van der Waals surface area contributed by atoms with E-state index in [1.807, 2.05) is 6.07 Å². The molecule has 0 aromatic heterocycles. The molecule has 18 heavy (non-hydrogen) atoms. The zero-order valence-corrected chi connectivity index (χ0v) is 10.8. The lowest BCUT2D eigenvalue weighted by Crippen LogP contribution is -2.32. The van der Waals surface area contributed by atoms with Crippen molar-refractivity contribution in [1.29, 1.82) is 0 Å². The molecule has 1 aromatic rings. The number of hydrogen-bond acceptors (Lipinski definition) is 4. The summed E-state index contributed by atoms with van der Waals surface area (Å²) in [6, 6.07) is 5.06. The van der Waals surface area contributed by atoms with Gasteiger partial charge in [-0.05, 0) is 12.5 Å². The summed E-state index contributed by atoms with van der Waals surface area (Å²) in [4.78, 5) is 23.2. The summed E-state index contributed by atoms with van der Waals surface area (Å²) in [7, 11) is 3.36. The fraction of sp³-hybridized carbons (Fsp3) is 0.417. The van der Waals surface area contributed by atoms with Gasteiger partial charge in [0, 0.05) is 32.3 Å². The number of carbonyl (C=O) groups is 1. The molecule has 98 valence electrons. The second-order valence-electron chi connectivity index (χ2n) is 4.27. The lowest BCUT2D eigenvalue weighted by Gasteiger charge is -2.11. The Morgan fingerprint density at radius 1 is 1.44 bits per heavy atom. The molecule has 0 aliphatic rings. The molecule has 0 atom stereocenters. The van der Waals surface area contributed by atoms with Crippen molar-refractivity contribution in [1.82, 2.24) is 10.2 Å². The minimum absolute atomic E-state index is 0.0309. The number of benzene rings is 1. The van der Waals surface area contributed by atoms with Crippen LogP contribution in [0.2, 0.25) is 0 Å². The van der Waals surface area contributed by atoms with Crippen LogP contribution >= 0.6 is 0 Å². The molecule has 0 bridgehead atoms. The van der Waals surface area contributed by atoms with Crippen LogP contribution in [0.5, 0.6) is 0 Å². The van der Waals surface area contributed by atoms with Gasteiger partial charge in [0.15, 0.2) is 0 Å². The Balaban J connectivity index is 2.61. The van der Waals surface area contributed by atoms with Crippen LogP contribution in [-0.2, 0) is 11.3 Å². The molecule has 0 spiro atoms. The van der Waals surface area contributed by atoms with Crippen LogP contribution in [0.3, 0.4) is 0 Å². The Hall–Kier alpha value is -1.95. The van der Waals surface area contributed by atoms with Crippen LogP contribution in [0, 0.1) is 17.0 Å². The molecule has 0 heterocycles. The van der Waals surface area contributed by atoms with Crippen LogP contribution in [0.1, 0.15) is 11.1 Å². The van der Waals surface area contributed by atoms with Gasteiger partial charge in [-0.1, -0.05) is 12.1 Å². The van der Waals surface area contributed by atoms with Gasteiger partial charge in [0.2, 0.25) is 5.91 Å². The van der Waals surface area contributed by atoms with Gasteiger partial charge in [0.25, 0.3) is 5.69 Å². The summed E-state index contributed by atoms with van der Waals surface area (Å²) < 4.78 is 0. The fourth-order valence-electron chi connectivity index (χ4n) is 1.43. The lowest BCUT2D eigenvalue weighted by atomic mass is 10.1. The maximum absolute atomic E-state index is 11.3. The molecule has 6 nitrogen and oxygen atoms in total. The summed E-state index contributed by atoms with van der Waals surface area (Å²) in [6.45, 7) is 2.35. The van der Waals surface area contributed by atoms with Crippen molar-refractivity contribution in [2.75, 3.05) is 20.6 Å². The Kier molecular flexibility index (Phi) is 4.79. The minimum Gasteiger partial charge on any atom is -0.348 e. The monoisotopic (exact) mass is 251 g/mol. The minimum atomic E-state index is -0.399. The van der Waals surface area contributed by atoms with Gasteiger partial charge in [-0.3, -0.25) is 14.9 Å². The van der Waals surface area contributed by atoms with E-state index < -0.39 is 4.92 Å². The van der Waals surface area contributed by atoms with Crippen molar-refractivity contribution in [3.63, 3.8) is 0 Å². The molecule has 1 aromatic carbocycles. The molecule has 1 amide bonds. The van der Waals surface area contributed by atoms with Crippen molar-refractivity contribution >= 4 is 11.6 Å². The average Bonchev–Trinajstić information content (AvgIpc) is 2.30. The summed E-state index contributed by atoms with van der Waals surface area (Å²) >= 11 is 0. The van der Waals surface area contributed by atoms with Crippen LogP contribution in [0.15, 0.2) is 18.2 Å². The zero-order valence-electron chi connectivity index (χ0n) is 10.8. The predicted molar refractivity (Wildman–Crippen MR) is 68.2 cm³/mol. The van der Waals surface area contributed by atoms with E-state index >= 15 is 0 Å². The van der Waals surface area contributed by atoms with E-state index in [-0.39, 0.29) is 18.1 Å². The molecule has 0 unspecified atom stereocenters. The number of rotatable bonds is 5. The summed E-state index contributed by atoms with van der Waals surface area (Å²) in [5.74, 6) is -0.0309. The van der Waals surface area contributed by atoms with Gasteiger partial charge in [-0.2, -0.15) is 0 Å². The van der Waals surface area contributed by atoms with Crippen molar-refractivity contribution in [2.24, 2.45) is 0 Å². The molecule has 0 aliphatic heterocycles. The fourth-order valence-corrected chi connectivity index (χ4v) is 1.43. The van der Waals surface area contributed by atoms with Gasteiger partial charge in [0.05, 0.1) is 11.5 Å². The second kappa shape index (κ2) is 6.11. The number of hydrogen-bond donors (Lipinski definition) is 1. The van der Waals surface area contributed by atoms with Crippen molar-refractivity contribution in [3.05, 3.63) is 39.4 Å². The smallest absolute Gasteiger partial charge is 0.272 e. The highest BCUT2D eigenvalue weighted by Crippen LogP contribution is 2.18. The molecule has 6 heteroatoms. The first-order chi connectivity index (χ1) is 8.41. The largest absolute Gasteiger partial charge is 0.348 e. The Morgan fingerprint density at radius 2 is 2.11 bits per heavy atom. The number of nitrogens with zero attached hydrogens (tertiary/aromatic N) is 2. The number of nitro benzene ring substituents is 1. The number of nitrogens with one attached hydrogen (secondary N) is 1. The normalized spacial score (nSPS) is 10.2.